The molecule has 130 valence electrons. The predicted octanol–water partition coefficient (Wildman–Crippen LogP) is 2.40. The van der Waals surface area contributed by atoms with E-state index < -0.39 is 0 Å². The largest absolute Gasteiger partial charge is 0.335 e. The van der Waals surface area contributed by atoms with E-state index in [-0.39, 0.29) is 11.8 Å². The van der Waals surface area contributed by atoms with Gasteiger partial charge in [0.05, 0.1) is 0 Å². The molecule has 0 bridgehead atoms. The molecule has 25 heavy (non-hydrogen) atoms. The second-order valence-corrected chi connectivity index (χ2v) is 6.43. The molecule has 6 heteroatoms. The summed E-state index contributed by atoms with van der Waals surface area (Å²) in [6, 6.07) is 14.2. The number of amides is 2. The molecule has 1 aliphatic heterocycles. The van der Waals surface area contributed by atoms with E-state index in [1.54, 1.807) is 46.2 Å². The van der Waals surface area contributed by atoms with E-state index in [0.717, 1.165) is 5.56 Å². The number of hydrogen-bond acceptors (Lipinski definition) is 3. The van der Waals surface area contributed by atoms with Gasteiger partial charge in [-0.15, -0.1) is 0 Å². The van der Waals surface area contributed by atoms with Gasteiger partial charge in [0, 0.05) is 48.9 Å². The highest BCUT2D eigenvalue weighted by atomic mass is 35.5. The summed E-state index contributed by atoms with van der Waals surface area (Å²) in [6.07, 6.45) is 0. The first-order chi connectivity index (χ1) is 12.1. The van der Waals surface area contributed by atoms with E-state index in [1.807, 2.05) is 12.1 Å². The Balaban J connectivity index is 1.60. The normalized spacial score (nSPS) is 14.5. The Morgan fingerprint density at radius 3 is 1.60 bits per heavy atom. The van der Waals surface area contributed by atoms with Crippen molar-refractivity contribution in [2.24, 2.45) is 5.73 Å². The van der Waals surface area contributed by atoms with Gasteiger partial charge in [0.2, 0.25) is 0 Å². The molecule has 0 aromatic heterocycles. The highest BCUT2D eigenvalue weighted by molar-refractivity contribution is 6.30. The molecule has 0 aliphatic carbocycles. The number of rotatable bonds is 3. The Kier molecular flexibility index (Phi) is 5.36. The molecule has 1 saturated heterocycles. The van der Waals surface area contributed by atoms with Crippen LogP contribution in [-0.2, 0) is 6.54 Å². The first kappa shape index (κ1) is 17.5. The van der Waals surface area contributed by atoms with E-state index in [0.29, 0.717) is 48.9 Å². The maximum absolute atomic E-state index is 12.6. The first-order valence-electron chi connectivity index (χ1n) is 8.21. The SMILES string of the molecule is NCc1ccc(C(=O)N2CCN(C(=O)c3ccc(Cl)cc3)CC2)cc1. The minimum absolute atomic E-state index is 0.0119. The van der Waals surface area contributed by atoms with Gasteiger partial charge in [-0.2, -0.15) is 0 Å². The lowest BCUT2D eigenvalue weighted by atomic mass is 10.1. The van der Waals surface area contributed by atoms with Crippen molar-refractivity contribution in [3.8, 4) is 0 Å². The number of nitrogens with zero attached hydrogens (tertiary/aromatic N) is 2. The van der Waals surface area contributed by atoms with E-state index in [9.17, 15) is 9.59 Å². The zero-order valence-corrected chi connectivity index (χ0v) is 14.6. The van der Waals surface area contributed by atoms with E-state index in [4.69, 9.17) is 17.3 Å². The van der Waals surface area contributed by atoms with Crippen molar-refractivity contribution in [2.75, 3.05) is 26.2 Å². The molecule has 3 rings (SSSR count). The van der Waals surface area contributed by atoms with Gasteiger partial charge in [0.25, 0.3) is 11.8 Å². The highest BCUT2D eigenvalue weighted by Crippen LogP contribution is 2.15. The summed E-state index contributed by atoms with van der Waals surface area (Å²) in [5, 5.41) is 0.604. The summed E-state index contributed by atoms with van der Waals surface area (Å²) in [7, 11) is 0. The van der Waals surface area contributed by atoms with Gasteiger partial charge in [0.15, 0.2) is 0 Å². The molecule has 2 aromatic rings. The molecule has 0 radical (unpaired) electrons. The van der Waals surface area contributed by atoms with Crippen LogP contribution in [0.3, 0.4) is 0 Å². The van der Waals surface area contributed by atoms with Gasteiger partial charge < -0.3 is 15.5 Å². The molecule has 1 fully saturated rings. The number of nitrogens with two attached hydrogens (primary N) is 1. The van der Waals surface area contributed by atoms with Gasteiger partial charge in [-0.1, -0.05) is 23.7 Å². The van der Waals surface area contributed by atoms with Crippen molar-refractivity contribution in [3.63, 3.8) is 0 Å². The van der Waals surface area contributed by atoms with Crippen LogP contribution in [0.1, 0.15) is 26.3 Å². The molecular weight excluding hydrogens is 338 g/mol. The quantitative estimate of drug-likeness (QED) is 0.917. The standard InChI is InChI=1S/C19H20ClN3O2/c20-17-7-5-16(6-8-17)19(25)23-11-9-22(10-12-23)18(24)15-3-1-14(13-21)2-4-15/h1-8H,9-13,21H2. The van der Waals surface area contributed by atoms with Crippen LogP contribution in [0.25, 0.3) is 0 Å². The number of carbonyl (C=O) groups is 2. The van der Waals surface area contributed by atoms with Gasteiger partial charge in [-0.3, -0.25) is 9.59 Å². The summed E-state index contributed by atoms with van der Waals surface area (Å²) in [4.78, 5) is 28.6. The zero-order chi connectivity index (χ0) is 17.8. The molecular formula is C19H20ClN3O2. The Hall–Kier alpha value is -2.37. The summed E-state index contributed by atoms with van der Waals surface area (Å²) < 4.78 is 0. The van der Waals surface area contributed by atoms with Crippen LogP contribution in [0, 0.1) is 0 Å². The van der Waals surface area contributed by atoms with E-state index in [2.05, 4.69) is 0 Å². The second-order valence-electron chi connectivity index (χ2n) is 5.99. The van der Waals surface area contributed by atoms with Crippen molar-refractivity contribution in [1.29, 1.82) is 0 Å². The molecule has 0 saturated carbocycles. The zero-order valence-electron chi connectivity index (χ0n) is 13.8. The Labute approximate surface area is 152 Å². The Morgan fingerprint density at radius 2 is 1.20 bits per heavy atom. The van der Waals surface area contributed by atoms with Crippen molar-refractivity contribution in [1.82, 2.24) is 9.80 Å². The molecule has 2 aromatic carbocycles. The summed E-state index contributed by atoms with van der Waals surface area (Å²) in [5.41, 5.74) is 7.83. The van der Waals surface area contributed by atoms with Crippen molar-refractivity contribution in [2.45, 2.75) is 6.54 Å². The van der Waals surface area contributed by atoms with E-state index in [1.165, 1.54) is 0 Å². The second kappa shape index (κ2) is 7.68. The summed E-state index contributed by atoms with van der Waals surface area (Å²) in [5.74, 6) is -0.0433. The topological polar surface area (TPSA) is 66.6 Å². The number of carbonyl (C=O) groups excluding carboxylic acids is 2. The molecule has 5 nitrogen and oxygen atoms in total. The third-order valence-electron chi connectivity index (χ3n) is 4.38. The fraction of sp³-hybridized carbons (Fsp3) is 0.263. The lowest BCUT2D eigenvalue weighted by molar-refractivity contribution is 0.0535. The Morgan fingerprint density at radius 1 is 0.800 bits per heavy atom. The third kappa shape index (κ3) is 4.00. The third-order valence-corrected chi connectivity index (χ3v) is 4.63. The number of benzene rings is 2. The number of hydrogen-bond donors (Lipinski definition) is 1. The van der Waals surface area contributed by atoms with Crippen molar-refractivity contribution >= 4 is 23.4 Å². The molecule has 0 atom stereocenters. The average Bonchev–Trinajstić information content (AvgIpc) is 2.67. The number of halogens is 1. The predicted molar refractivity (Wildman–Crippen MR) is 97.6 cm³/mol. The molecule has 1 heterocycles. The fourth-order valence-electron chi connectivity index (χ4n) is 2.85. The van der Waals surface area contributed by atoms with Crippen LogP contribution in [0.15, 0.2) is 48.5 Å². The lowest BCUT2D eigenvalue weighted by Gasteiger charge is -2.35. The first-order valence-corrected chi connectivity index (χ1v) is 8.59. The minimum Gasteiger partial charge on any atom is -0.335 e. The van der Waals surface area contributed by atoms with Gasteiger partial charge >= 0.3 is 0 Å². The average molecular weight is 358 g/mol. The molecule has 2 N–H and O–H groups in total. The Bertz CT molecular complexity index is 751. The molecule has 0 spiro atoms. The van der Waals surface area contributed by atoms with Crippen molar-refractivity contribution < 1.29 is 9.59 Å². The lowest BCUT2D eigenvalue weighted by Crippen LogP contribution is -2.50. The minimum atomic E-state index is -0.0314. The van der Waals surface area contributed by atoms with Gasteiger partial charge in [-0.25, -0.2) is 0 Å². The summed E-state index contributed by atoms with van der Waals surface area (Å²) >= 11 is 5.86. The van der Waals surface area contributed by atoms with Crippen LogP contribution >= 0.6 is 11.6 Å². The van der Waals surface area contributed by atoms with Crippen LogP contribution in [0.2, 0.25) is 5.02 Å². The van der Waals surface area contributed by atoms with Crippen LogP contribution < -0.4 is 5.73 Å². The van der Waals surface area contributed by atoms with E-state index >= 15 is 0 Å². The fourth-order valence-corrected chi connectivity index (χ4v) is 2.98. The molecule has 1 aliphatic rings. The number of piperazine rings is 1. The maximum Gasteiger partial charge on any atom is 0.253 e. The van der Waals surface area contributed by atoms with Crippen LogP contribution in [0.5, 0.6) is 0 Å². The van der Waals surface area contributed by atoms with Gasteiger partial charge in [-0.05, 0) is 42.0 Å². The van der Waals surface area contributed by atoms with Crippen LogP contribution in [-0.4, -0.2) is 47.8 Å². The van der Waals surface area contributed by atoms with Crippen molar-refractivity contribution in [3.05, 3.63) is 70.2 Å². The molecule has 2 amide bonds. The maximum atomic E-state index is 12.6. The van der Waals surface area contributed by atoms with Crippen LogP contribution in [0.4, 0.5) is 0 Å². The molecule has 0 unspecified atom stereocenters. The highest BCUT2D eigenvalue weighted by Gasteiger charge is 2.25. The van der Waals surface area contributed by atoms with Gasteiger partial charge in [0.1, 0.15) is 0 Å². The monoisotopic (exact) mass is 357 g/mol. The summed E-state index contributed by atoms with van der Waals surface area (Å²) in [6.45, 7) is 2.55. The smallest absolute Gasteiger partial charge is 0.253 e.